The van der Waals surface area contributed by atoms with Gasteiger partial charge in [-0.25, -0.2) is 9.78 Å². The summed E-state index contributed by atoms with van der Waals surface area (Å²) < 4.78 is 4.73. The number of carbonyl (C=O) groups excluding carboxylic acids is 1. The van der Waals surface area contributed by atoms with Crippen LogP contribution in [0, 0.1) is 0 Å². The summed E-state index contributed by atoms with van der Waals surface area (Å²) in [5, 5.41) is 5.69. The van der Waals surface area contributed by atoms with E-state index in [1.807, 2.05) is 0 Å². The Morgan fingerprint density at radius 3 is 3.21 bits per heavy atom. The van der Waals surface area contributed by atoms with Gasteiger partial charge in [0.05, 0.1) is 12.2 Å². The van der Waals surface area contributed by atoms with Gasteiger partial charge in [-0.05, 0) is 0 Å². The minimum Gasteiger partial charge on any atom is -0.447 e. The Kier molecular flexibility index (Phi) is 2.44. The van der Waals surface area contributed by atoms with Crippen LogP contribution < -0.4 is 10.6 Å². The average molecular weight is 194 g/mol. The standard InChI is InChI=1S/C8H10N4O2/c13-8-12-6(5-14-8)3-11-7-4-9-1-2-10-7/h1-2,4,6H,3,5H2,(H,10,11)(H,12,13). The molecule has 0 aromatic carbocycles. The van der Waals surface area contributed by atoms with Crippen LogP contribution in [0.5, 0.6) is 0 Å². The topological polar surface area (TPSA) is 76.1 Å². The number of hydrogen-bond donors (Lipinski definition) is 2. The number of rotatable bonds is 3. The molecule has 0 aliphatic carbocycles. The summed E-state index contributed by atoms with van der Waals surface area (Å²) in [6, 6.07) is 0.00417. The number of alkyl carbamates (subject to hydrolysis) is 1. The molecule has 1 atom stereocenters. The highest BCUT2D eigenvalue weighted by Gasteiger charge is 2.21. The van der Waals surface area contributed by atoms with E-state index in [1.165, 1.54) is 0 Å². The second-order valence-electron chi connectivity index (χ2n) is 2.91. The Morgan fingerprint density at radius 2 is 2.57 bits per heavy atom. The molecule has 2 rings (SSSR count). The molecule has 1 aliphatic rings. The van der Waals surface area contributed by atoms with Crippen LogP contribution in [-0.4, -0.2) is 35.3 Å². The SMILES string of the molecule is O=C1NC(CNc2cnccn2)CO1. The molecule has 6 nitrogen and oxygen atoms in total. The van der Waals surface area contributed by atoms with E-state index in [-0.39, 0.29) is 12.1 Å². The van der Waals surface area contributed by atoms with Crippen molar-refractivity contribution in [2.45, 2.75) is 6.04 Å². The molecule has 2 N–H and O–H groups in total. The number of nitrogens with one attached hydrogen (secondary N) is 2. The maximum Gasteiger partial charge on any atom is 0.407 e. The summed E-state index contributed by atoms with van der Waals surface area (Å²) in [7, 11) is 0. The zero-order valence-electron chi connectivity index (χ0n) is 7.43. The molecule has 0 spiro atoms. The molecule has 1 saturated heterocycles. The molecular formula is C8H10N4O2. The van der Waals surface area contributed by atoms with Crippen LogP contribution in [-0.2, 0) is 4.74 Å². The molecule has 14 heavy (non-hydrogen) atoms. The lowest BCUT2D eigenvalue weighted by Crippen LogP contribution is -2.33. The fourth-order valence-electron chi connectivity index (χ4n) is 1.15. The van der Waals surface area contributed by atoms with Crippen molar-refractivity contribution in [3.8, 4) is 0 Å². The predicted molar refractivity (Wildman–Crippen MR) is 48.8 cm³/mol. The van der Waals surface area contributed by atoms with Crippen molar-refractivity contribution in [1.29, 1.82) is 0 Å². The number of amides is 1. The van der Waals surface area contributed by atoms with Crippen LogP contribution in [0.1, 0.15) is 0 Å². The summed E-state index contributed by atoms with van der Waals surface area (Å²) in [5.41, 5.74) is 0. The highest BCUT2D eigenvalue weighted by atomic mass is 16.6. The highest BCUT2D eigenvalue weighted by Crippen LogP contribution is 2.01. The van der Waals surface area contributed by atoms with E-state index in [9.17, 15) is 4.79 Å². The molecule has 6 heteroatoms. The fourth-order valence-corrected chi connectivity index (χ4v) is 1.15. The van der Waals surface area contributed by atoms with Crippen LogP contribution >= 0.6 is 0 Å². The molecule has 1 aromatic heterocycles. The number of hydrogen-bond acceptors (Lipinski definition) is 5. The quantitative estimate of drug-likeness (QED) is 0.708. The maximum absolute atomic E-state index is 10.7. The van der Waals surface area contributed by atoms with Gasteiger partial charge in [0.2, 0.25) is 0 Å². The molecule has 0 radical (unpaired) electrons. The third kappa shape index (κ3) is 2.09. The van der Waals surface area contributed by atoms with Gasteiger partial charge in [-0.2, -0.15) is 0 Å². The van der Waals surface area contributed by atoms with E-state index < -0.39 is 0 Å². The van der Waals surface area contributed by atoms with Crippen molar-refractivity contribution < 1.29 is 9.53 Å². The van der Waals surface area contributed by atoms with Gasteiger partial charge in [-0.15, -0.1) is 0 Å². The Hall–Kier alpha value is -1.85. The summed E-state index contributed by atoms with van der Waals surface area (Å²) in [4.78, 5) is 18.6. The van der Waals surface area contributed by atoms with Crippen LogP contribution in [0.25, 0.3) is 0 Å². The Balaban J connectivity index is 1.80. The third-order valence-electron chi connectivity index (χ3n) is 1.83. The summed E-state index contributed by atoms with van der Waals surface area (Å²) in [6.07, 6.45) is 4.46. The lowest BCUT2D eigenvalue weighted by molar-refractivity contribution is 0.177. The normalized spacial score (nSPS) is 20.0. The average Bonchev–Trinajstić information content (AvgIpc) is 2.63. The first-order valence-electron chi connectivity index (χ1n) is 4.28. The van der Waals surface area contributed by atoms with Crippen LogP contribution in [0.15, 0.2) is 18.6 Å². The molecule has 1 unspecified atom stereocenters. The van der Waals surface area contributed by atoms with Crippen molar-refractivity contribution in [2.75, 3.05) is 18.5 Å². The van der Waals surface area contributed by atoms with Gasteiger partial charge in [0, 0.05) is 18.9 Å². The molecule has 74 valence electrons. The second kappa shape index (κ2) is 3.91. The van der Waals surface area contributed by atoms with Crippen molar-refractivity contribution in [3.63, 3.8) is 0 Å². The largest absolute Gasteiger partial charge is 0.447 e. The zero-order chi connectivity index (χ0) is 9.80. The molecule has 0 saturated carbocycles. The minimum absolute atomic E-state index is 0.00417. The predicted octanol–water partition coefficient (Wildman–Crippen LogP) is -0.00310. The van der Waals surface area contributed by atoms with Gasteiger partial charge in [0.25, 0.3) is 0 Å². The lowest BCUT2D eigenvalue weighted by atomic mass is 10.3. The minimum atomic E-state index is -0.365. The van der Waals surface area contributed by atoms with E-state index in [0.29, 0.717) is 19.0 Å². The van der Waals surface area contributed by atoms with Crippen LogP contribution in [0.2, 0.25) is 0 Å². The molecule has 2 heterocycles. The smallest absolute Gasteiger partial charge is 0.407 e. The number of aromatic nitrogens is 2. The van der Waals surface area contributed by atoms with E-state index in [2.05, 4.69) is 20.6 Å². The van der Waals surface area contributed by atoms with Gasteiger partial charge < -0.3 is 15.4 Å². The van der Waals surface area contributed by atoms with Gasteiger partial charge in [-0.3, -0.25) is 4.98 Å². The number of carbonyl (C=O) groups is 1. The first-order valence-corrected chi connectivity index (χ1v) is 4.28. The van der Waals surface area contributed by atoms with Crippen molar-refractivity contribution in [3.05, 3.63) is 18.6 Å². The van der Waals surface area contributed by atoms with Crippen molar-refractivity contribution in [2.24, 2.45) is 0 Å². The van der Waals surface area contributed by atoms with Gasteiger partial charge >= 0.3 is 6.09 Å². The highest BCUT2D eigenvalue weighted by molar-refractivity contribution is 5.69. The van der Waals surface area contributed by atoms with Gasteiger partial charge in [-0.1, -0.05) is 0 Å². The molecule has 1 aromatic rings. The lowest BCUT2D eigenvalue weighted by Gasteiger charge is -2.08. The first-order chi connectivity index (χ1) is 6.84. The summed E-state index contributed by atoms with van der Waals surface area (Å²) in [6.45, 7) is 0.983. The van der Waals surface area contributed by atoms with E-state index >= 15 is 0 Å². The van der Waals surface area contributed by atoms with E-state index in [1.54, 1.807) is 18.6 Å². The van der Waals surface area contributed by atoms with E-state index in [0.717, 1.165) is 0 Å². The first kappa shape index (κ1) is 8.74. The van der Waals surface area contributed by atoms with Crippen LogP contribution in [0.4, 0.5) is 10.6 Å². The summed E-state index contributed by atoms with van der Waals surface area (Å²) in [5.74, 6) is 0.689. The van der Waals surface area contributed by atoms with Crippen molar-refractivity contribution in [1.82, 2.24) is 15.3 Å². The number of cyclic esters (lactones) is 1. The number of anilines is 1. The molecule has 1 amide bonds. The van der Waals surface area contributed by atoms with Gasteiger partial charge in [0.15, 0.2) is 0 Å². The Morgan fingerprint density at radius 1 is 1.64 bits per heavy atom. The Labute approximate surface area is 80.7 Å². The number of ether oxygens (including phenoxy) is 1. The van der Waals surface area contributed by atoms with Crippen LogP contribution in [0.3, 0.4) is 0 Å². The monoisotopic (exact) mass is 194 g/mol. The van der Waals surface area contributed by atoms with Crippen molar-refractivity contribution >= 4 is 11.9 Å². The zero-order valence-corrected chi connectivity index (χ0v) is 7.43. The molecule has 1 fully saturated rings. The molecular weight excluding hydrogens is 184 g/mol. The maximum atomic E-state index is 10.7. The Bertz CT molecular complexity index is 316. The third-order valence-corrected chi connectivity index (χ3v) is 1.83. The summed E-state index contributed by atoms with van der Waals surface area (Å²) >= 11 is 0. The molecule has 0 bridgehead atoms. The van der Waals surface area contributed by atoms with E-state index in [4.69, 9.17) is 4.74 Å². The number of nitrogens with zero attached hydrogens (tertiary/aromatic N) is 2. The fraction of sp³-hybridized carbons (Fsp3) is 0.375. The molecule has 1 aliphatic heterocycles. The second-order valence-corrected chi connectivity index (χ2v) is 2.91. The van der Waals surface area contributed by atoms with Gasteiger partial charge in [0.1, 0.15) is 12.4 Å².